The highest BCUT2D eigenvalue weighted by Crippen LogP contribution is 2.22. The highest BCUT2D eigenvalue weighted by Gasteiger charge is 2.18. The Morgan fingerprint density at radius 2 is 2.20 bits per heavy atom. The van der Waals surface area contributed by atoms with Crippen molar-refractivity contribution in [2.75, 3.05) is 11.9 Å². The van der Waals surface area contributed by atoms with E-state index in [0.29, 0.717) is 21.3 Å². The van der Waals surface area contributed by atoms with E-state index in [4.69, 9.17) is 16.9 Å². The van der Waals surface area contributed by atoms with Gasteiger partial charge in [-0.15, -0.1) is 0 Å². The van der Waals surface area contributed by atoms with Crippen LogP contribution in [0.1, 0.15) is 15.9 Å². The van der Waals surface area contributed by atoms with Crippen LogP contribution in [-0.4, -0.2) is 17.9 Å². The second-order valence-corrected chi connectivity index (χ2v) is 5.29. The number of benzene rings is 1. The summed E-state index contributed by atoms with van der Waals surface area (Å²) in [5.74, 6) is -0.293. The number of hydrogen-bond acceptors (Lipinski definition) is 3. The van der Waals surface area contributed by atoms with Crippen LogP contribution in [-0.2, 0) is 0 Å². The van der Waals surface area contributed by atoms with Crippen LogP contribution in [0.15, 0.2) is 41.0 Å². The quantitative estimate of drug-likeness (QED) is 0.777. The van der Waals surface area contributed by atoms with Crippen LogP contribution < -0.4 is 4.90 Å². The van der Waals surface area contributed by atoms with Gasteiger partial charge in [0.25, 0.3) is 5.91 Å². The summed E-state index contributed by atoms with van der Waals surface area (Å²) < 4.78 is 0.671. The van der Waals surface area contributed by atoms with Crippen molar-refractivity contribution in [2.45, 2.75) is 0 Å². The Morgan fingerprint density at radius 3 is 2.90 bits per heavy atom. The minimum atomic E-state index is -0.293. The molecule has 1 amide bonds. The number of aromatic nitrogens is 1. The molecule has 0 unspecified atom stereocenters. The van der Waals surface area contributed by atoms with E-state index >= 15 is 0 Å². The molecule has 1 aromatic carbocycles. The first-order chi connectivity index (χ1) is 9.52. The standard InChI is InChI=1S/C14H9BrClN3O/c1-19(11-4-2-3-9(5-11)7-17)14(20)12-6-10(15)8-18-13(12)16/h2-6,8H,1H3. The molecule has 2 aromatic rings. The molecule has 100 valence electrons. The average molecular weight is 351 g/mol. The summed E-state index contributed by atoms with van der Waals surface area (Å²) in [7, 11) is 1.62. The molecule has 0 N–H and O–H groups in total. The predicted molar refractivity (Wildman–Crippen MR) is 80.8 cm³/mol. The van der Waals surface area contributed by atoms with Gasteiger partial charge >= 0.3 is 0 Å². The van der Waals surface area contributed by atoms with E-state index < -0.39 is 0 Å². The van der Waals surface area contributed by atoms with E-state index in [1.54, 1.807) is 37.4 Å². The van der Waals surface area contributed by atoms with E-state index in [1.807, 2.05) is 6.07 Å². The maximum atomic E-state index is 12.4. The average Bonchev–Trinajstić information content (AvgIpc) is 2.48. The monoisotopic (exact) mass is 349 g/mol. The van der Waals surface area contributed by atoms with Crippen molar-refractivity contribution in [2.24, 2.45) is 0 Å². The summed E-state index contributed by atoms with van der Waals surface area (Å²) >= 11 is 9.21. The van der Waals surface area contributed by atoms with Crippen LogP contribution in [0.25, 0.3) is 0 Å². The van der Waals surface area contributed by atoms with Crippen molar-refractivity contribution in [1.29, 1.82) is 5.26 Å². The minimum absolute atomic E-state index is 0.140. The lowest BCUT2D eigenvalue weighted by Gasteiger charge is -2.18. The first-order valence-electron chi connectivity index (χ1n) is 5.62. The molecule has 6 heteroatoms. The Kier molecular flexibility index (Phi) is 4.38. The number of carbonyl (C=O) groups excluding carboxylic acids is 1. The number of anilines is 1. The molecule has 0 saturated carbocycles. The molecule has 0 aliphatic rings. The second kappa shape index (κ2) is 6.04. The van der Waals surface area contributed by atoms with Gasteiger partial charge in [0.15, 0.2) is 0 Å². The van der Waals surface area contributed by atoms with E-state index in [9.17, 15) is 4.79 Å². The van der Waals surface area contributed by atoms with E-state index in [-0.39, 0.29) is 11.1 Å². The maximum absolute atomic E-state index is 12.4. The summed E-state index contributed by atoms with van der Waals surface area (Å²) in [6, 6.07) is 10.4. The number of hydrogen-bond donors (Lipinski definition) is 0. The zero-order valence-corrected chi connectivity index (χ0v) is 12.8. The molecule has 0 spiro atoms. The summed E-state index contributed by atoms with van der Waals surface area (Å²) in [5.41, 5.74) is 1.40. The number of carbonyl (C=O) groups is 1. The van der Waals surface area contributed by atoms with Gasteiger partial charge < -0.3 is 4.90 Å². The normalized spacial score (nSPS) is 9.90. The summed E-state index contributed by atoms with van der Waals surface area (Å²) in [5, 5.41) is 9.03. The van der Waals surface area contributed by atoms with Crippen molar-refractivity contribution in [1.82, 2.24) is 4.98 Å². The number of nitriles is 1. The number of nitrogens with zero attached hydrogens (tertiary/aromatic N) is 3. The number of rotatable bonds is 2. The second-order valence-electron chi connectivity index (χ2n) is 4.02. The third-order valence-electron chi connectivity index (χ3n) is 2.70. The molecule has 0 radical (unpaired) electrons. The maximum Gasteiger partial charge on any atom is 0.261 e. The molecule has 1 aromatic heterocycles. The van der Waals surface area contributed by atoms with Crippen LogP contribution in [0.5, 0.6) is 0 Å². The molecule has 0 aliphatic carbocycles. The molecule has 20 heavy (non-hydrogen) atoms. The Morgan fingerprint density at radius 1 is 1.45 bits per heavy atom. The molecule has 0 aliphatic heterocycles. The van der Waals surface area contributed by atoms with E-state index in [2.05, 4.69) is 20.9 Å². The SMILES string of the molecule is CN(C(=O)c1cc(Br)cnc1Cl)c1cccc(C#N)c1. The number of pyridine rings is 1. The fourth-order valence-corrected chi connectivity index (χ4v) is 2.17. The lowest BCUT2D eigenvalue weighted by molar-refractivity contribution is 0.0993. The Hall–Kier alpha value is -1.90. The lowest BCUT2D eigenvalue weighted by atomic mass is 10.2. The Balaban J connectivity index is 2.37. The fraction of sp³-hybridized carbons (Fsp3) is 0.0714. The van der Waals surface area contributed by atoms with Crippen molar-refractivity contribution in [3.05, 3.63) is 57.3 Å². The van der Waals surface area contributed by atoms with Crippen molar-refractivity contribution in [3.63, 3.8) is 0 Å². The molecule has 4 nitrogen and oxygen atoms in total. The van der Waals surface area contributed by atoms with Gasteiger partial charge in [-0.25, -0.2) is 4.98 Å². The summed E-state index contributed by atoms with van der Waals surface area (Å²) in [6.07, 6.45) is 1.52. The van der Waals surface area contributed by atoms with Gasteiger partial charge in [0.2, 0.25) is 0 Å². The molecule has 0 saturated heterocycles. The molecule has 0 atom stereocenters. The predicted octanol–water partition coefficient (Wildman–Crippen LogP) is 3.65. The van der Waals surface area contributed by atoms with E-state index in [1.165, 1.54) is 11.1 Å². The molecule has 1 heterocycles. The highest BCUT2D eigenvalue weighted by atomic mass is 79.9. The zero-order chi connectivity index (χ0) is 14.7. The number of halogens is 2. The molecular formula is C14H9BrClN3O. The highest BCUT2D eigenvalue weighted by molar-refractivity contribution is 9.10. The Bertz CT molecular complexity index is 712. The Labute approximate surface area is 129 Å². The minimum Gasteiger partial charge on any atom is -0.311 e. The van der Waals surface area contributed by atoms with Crippen LogP contribution >= 0.6 is 27.5 Å². The van der Waals surface area contributed by atoms with Crippen LogP contribution in [0.4, 0.5) is 5.69 Å². The van der Waals surface area contributed by atoms with Gasteiger partial charge in [0, 0.05) is 23.4 Å². The van der Waals surface area contributed by atoms with Gasteiger partial charge in [-0.1, -0.05) is 17.7 Å². The first-order valence-corrected chi connectivity index (χ1v) is 6.79. The first kappa shape index (κ1) is 14.5. The largest absolute Gasteiger partial charge is 0.311 e. The zero-order valence-electron chi connectivity index (χ0n) is 10.5. The molecular weight excluding hydrogens is 342 g/mol. The van der Waals surface area contributed by atoms with Crippen LogP contribution in [0, 0.1) is 11.3 Å². The molecule has 2 rings (SSSR count). The van der Waals surface area contributed by atoms with Gasteiger partial charge in [-0.05, 0) is 40.2 Å². The fourth-order valence-electron chi connectivity index (χ4n) is 1.65. The summed E-state index contributed by atoms with van der Waals surface area (Å²) in [6.45, 7) is 0. The third-order valence-corrected chi connectivity index (χ3v) is 3.44. The van der Waals surface area contributed by atoms with Crippen molar-refractivity contribution < 1.29 is 4.79 Å². The van der Waals surface area contributed by atoms with Crippen molar-refractivity contribution >= 4 is 39.1 Å². The lowest BCUT2D eigenvalue weighted by Crippen LogP contribution is -2.26. The topological polar surface area (TPSA) is 57.0 Å². The van der Waals surface area contributed by atoms with E-state index in [0.717, 1.165) is 0 Å². The van der Waals surface area contributed by atoms with Gasteiger partial charge in [-0.3, -0.25) is 4.79 Å². The number of amides is 1. The van der Waals surface area contributed by atoms with Gasteiger partial charge in [-0.2, -0.15) is 5.26 Å². The summed E-state index contributed by atoms with van der Waals surface area (Å²) in [4.78, 5) is 17.8. The third kappa shape index (κ3) is 2.98. The smallest absolute Gasteiger partial charge is 0.261 e. The van der Waals surface area contributed by atoms with Gasteiger partial charge in [0.1, 0.15) is 5.15 Å². The molecule has 0 fully saturated rings. The molecule has 0 bridgehead atoms. The van der Waals surface area contributed by atoms with Crippen molar-refractivity contribution in [3.8, 4) is 6.07 Å². The van der Waals surface area contributed by atoms with Crippen LogP contribution in [0.2, 0.25) is 5.15 Å². The van der Waals surface area contributed by atoms with Gasteiger partial charge in [0.05, 0.1) is 17.2 Å². The van der Waals surface area contributed by atoms with Crippen LogP contribution in [0.3, 0.4) is 0 Å².